The number of thiazole rings is 1. The summed E-state index contributed by atoms with van der Waals surface area (Å²) in [6.45, 7) is 4.82. The molecule has 0 radical (unpaired) electrons. The van der Waals surface area contributed by atoms with Crippen molar-refractivity contribution in [2.75, 3.05) is 0 Å². The first kappa shape index (κ1) is 14.3. The smallest absolute Gasteiger partial charge is 0.268 e. The van der Waals surface area contributed by atoms with Gasteiger partial charge in [-0.05, 0) is 35.3 Å². The Hall–Kier alpha value is -1.14. The molecule has 6 heteroatoms. The number of hydrogen-bond acceptors (Lipinski definition) is 3. The monoisotopic (exact) mass is 341 g/mol. The van der Waals surface area contributed by atoms with Gasteiger partial charge in [-0.2, -0.15) is 0 Å². The molecule has 0 bridgehead atoms. The summed E-state index contributed by atoms with van der Waals surface area (Å²) in [5.41, 5.74) is 0.671. The summed E-state index contributed by atoms with van der Waals surface area (Å²) in [5.74, 6) is -0.0606. The molecule has 2 aromatic rings. The second-order valence-corrected chi connectivity index (χ2v) is 5.98. The normalized spacial score (nSPS) is 12.4. The molecule has 1 unspecified atom stereocenters. The highest BCUT2D eigenvalue weighted by atomic mass is 79.9. The van der Waals surface area contributed by atoms with Gasteiger partial charge in [0.2, 0.25) is 0 Å². The van der Waals surface area contributed by atoms with E-state index >= 15 is 0 Å². The molecule has 1 N–H and O–H groups in total. The van der Waals surface area contributed by atoms with Crippen LogP contribution in [0.4, 0.5) is 0 Å². The van der Waals surface area contributed by atoms with E-state index < -0.39 is 0 Å². The van der Waals surface area contributed by atoms with Gasteiger partial charge in [-0.15, -0.1) is 11.3 Å². The first-order chi connectivity index (χ1) is 9.15. The molecule has 0 fully saturated rings. The summed E-state index contributed by atoms with van der Waals surface area (Å²) < 4.78 is 2.84. The number of carbonyl (C=O) groups excluding carboxylic acids is 1. The lowest BCUT2D eigenvalue weighted by atomic mass is 10.2. The molecule has 1 atom stereocenters. The highest BCUT2D eigenvalue weighted by Gasteiger charge is 2.18. The van der Waals surface area contributed by atoms with E-state index in [0.29, 0.717) is 5.69 Å². The fourth-order valence-corrected chi connectivity index (χ4v) is 3.14. The maximum absolute atomic E-state index is 12.3. The van der Waals surface area contributed by atoms with Gasteiger partial charge in [0.25, 0.3) is 5.91 Å². The second-order valence-electron chi connectivity index (χ2n) is 4.13. The summed E-state index contributed by atoms with van der Waals surface area (Å²) in [6, 6.07) is 1.82. The van der Waals surface area contributed by atoms with Crippen LogP contribution in [0, 0.1) is 0 Å². The largest absolute Gasteiger partial charge is 0.343 e. The number of aromatic nitrogens is 2. The van der Waals surface area contributed by atoms with Crippen LogP contribution in [0.25, 0.3) is 0 Å². The van der Waals surface area contributed by atoms with Gasteiger partial charge in [-0.1, -0.05) is 6.92 Å². The van der Waals surface area contributed by atoms with E-state index in [-0.39, 0.29) is 11.9 Å². The predicted octanol–water partition coefficient (Wildman–Crippen LogP) is 3.61. The Kier molecular flexibility index (Phi) is 4.76. The summed E-state index contributed by atoms with van der Waals surface area (Å²) in [6.07, 6.45) is 4.51. The van der Waals surface area contributed by atoms with E-state index in [2.05, 4.69) is 26.2 Å². The number of rotatable bonds is 5. The van der Waals surface area contributed by atoms with Crippen LogP contribution in [0.15, 0.2) is 28.3 Å². The number of nitrogens with zero attached hydrogens (tertiary/aromatic N) is 2. The lowest BCUT2D eigenvalue weighted by Gasteiger charge is -2.15. The van der Waals surface area contributed by atoms with Gasteiger partial charge in [0, 0.05) is 28.8 Å². The number of nitrogens with one attached hydrogen (secondary N) is 1. The van der Waals surface area contributed by atoms with E-state index in [1.165, 1.54) is 0 Å². The zero-order valence-electron chi connectivity index (χ0n) is 10.9. The van der Waals surface area contributed by atoms with Gasteiger partial charge in [0.1, 0.15) is 10.7 Å². The number of hydrogen-bond donors (Lipinski definition) is 1. The van der Waals surface area contributed by atoms with E-state index in [1.54, 1.807) is 17.5 Å². The van der Waals surface area contributed by atoms with Gasteiger partial charge in [0.05, 0.1) is 6.04 Å². The minimum atomic E-state index is -0.0606. The van der Waals surface area contributed by atoms with Crippen LogP contribution in [-0.2, 0) is 6.54 Å². The van der Waals surface area contributed by atoms with Crippen molar-refractivity contribution in [3.63, 3.8) is 0 Å². The molecular formula is C13H16BrN3OS. The average molecular weight is 342 g/mol. The molecule has 0 aliphatic carbocycles. The van der Waals surface area contributed by atoms with Crippen molar-refractivity contribution >= 4 is 33.2 Å². The molecule has 0 aliphatic heterocycles. The molecule has 19 heavy (non-hydrogen) atoms. The third-order valence-electron chi connectivity index (χ3n) is 2.90. The van der Waals surface area contributed by atoms with Crippen molar-refractivity contribution < 1.29 is 4.79 Å². The molecule has 0 saturated carbocycles. The van der Waals surface area contributed by atoms with Crippen molar-refractivity contribution in [1.29, 1.82) is 0 Å². The van der Waals surface area contributed by atoms with E-state index in [9.17, 15) is 4.79 Å². The molecule has 2 heterocycles. The van der Waals surface area contributed by atoms with Crippen LogP contribution < -0.4 is 5.32 Å². The van der Waals surface area contributed by atoms with Gasteiger partial charge in [0.15, 0.2) is 0 Å². The molecule has 2 rings (SSSR count). The predicted molar refractivity (Wildman–Crippen MR) is 80.4 cm³/mol. The minimum absolute atomic E-state index is 0.0218. The molecule has 0 aromatic carbocycles. The Morgan fingerprint density at radius 3 is 2.95 bits per heavy atom. The number of halogens is 1. The van der Waals surface area contributed by atoms with Crippen molar-refractivity contribution in [3.05, 3.63) is 39.0 Å². The SMILES string of the molecule is CCC(NC(=O)c1cc(Br)cn1CC)c1nccs1. The first-order valence-corrected chi connectivity index (χ1v) is 7.88. The van der Waals surface area contributed by atoms with Crippen LogP contribution in [0.3, 0.4) is 0 Å². The maximum atomic E-state index is 12.3. The Labute approximate surface area is 125 Å². The lowest BCUT2D eigenvalue weighted by Crippen LogP contribution is -2.29. The highest BCUT2D eigenvalue weighted by Crippen LogP contribution is 2.20. The summed E-state index contributed by atoms with van der Waals surface area (Å²) in [5, 5.41) is 5.92. The number of aryl methyl sites for hydroxylation is 1. The summed E-state index contributed by atoms with van der Waals surface area (Å²) in [4.78, 5) is 16.6. The van der Waals surface area contributed by atoms with Crippen LogP contribution >= 0.6 is 27.3 Å². The van der Waals surface area contributed by atoms with Gasteiger partial charge >= 0.3 is 0 Å². The van der Waals surface area contributed by atoms with Crippen molar-refractivity contribution in [2.45, 2.75) is 32.9 Å². The Morgan fingerprint density at radius 1 is 1.58 bits per heavy atom. The van der Waals surface area contributed by atoms with Crippen molar-refractivity contribution in [3.8, 4) is 0 Å². The van der Waals surface area contributed by atoms with Crippen LogP contribution in [0.1, 0.15) is 41.8 Å². The van der Waals surface area contributed by atoms with Crippen LogP contribution in [0.2, 0.25) is 0 Å². The maximum Gasteiger partial charge on any atom is 0.268 e. The topological polar surface area (TPSA) is 46.9 Å². The molecule has 4 nitrogen and oxygen atoms in total. The lowest BCUT2D eigenvalue weighted by molar-refractivity contribution is 0.0926. The Morgan fingerprint density at radius 2 is 2.37 bits per heavy atom. The third kappa shape index (κ3) is 3.25. The number of amides is 1. The van der Waals surface area contributed by atoms with Gasteiger partial charge in [-0.3, -0.25) is 4.79 Å². The second kappa shape index (κ2) is 6.34. The summed E-state index contributed by atoms with van der Waals surface area (Å²) in [7, 11) is 0. The third-order valence-corrected chi connectivity index (χ3v) is 4.22. The molecule has 0 aliphatic rings. The Balaban J connectivity index is 2.15. The molecule has 1 amide bonds. The highest BCUT2D eigenvalue weighted by molar-refractivity contribution is 9.10. The standard InChI is InChI=1S/C13H16BrN3OS/c1-3-10(13-15-5-6-19-13)16-12(18)11-7-9(14)8-17(11)4-2/h5-8,10H,3-4H2,1-2H3,(H,16,18). The fraction of sp³-hybridized carbons (Fsp3) is 0.385. The molecule has 0 spiro atoms. The molecule has 2 aromatic heterocycles. The zero-order valence-corrected chi connectivity index (χ0v) is 13.3. The van der Waals surface area contributed by atoms with Gasteiger partial charge in [-0.25, -0.2) is 4.98 Å². The number of carbonyl (C=O) groups is 1. The quantitative estimate of drug-likeness (QED) is 0.902. The van der Waals surface area contributed by atoms with Crippen molar-refractivity contribution in [1.82, 2.24) is 14.9 Å². The molecule has 0 saturated heterocycles. The van der Waals surface area contributed by atoms with E-state index in [0.717, 1.165) is 22.4 Å². The molecular weight excluding hydrogens is 326 g/mol. The Bertz CT molecular complexity index is 550. The van der Waals surface area contributed by atoms with E-state index in [4.69, 9.17) is 0 Å². The van der Waals surface area contributed by atoms with Crippen molar-refractivity contribution in [2.24, 2.45) is 0 Å². The fourth-order valence-electron chi connectivity index (χ4n) is 1.90. The van der Waals surface area contributed by atoms with Crippen LogP contribution in [-0.4, -0.2) is 15.5 Å². The first-order valence-electron chi connectivity index (χ1n) is 6.21. The van der Waals surface area contributed by atoms with Crippen LogP contribution in [0.5, 0.6) is 0 Å². The summed E-state index contributed by atoms with van der Waals surface area (Å²) >= 11 is 4.97. The van der Waals surface area contributed by atoms with Gasteiger partial charge < -0.3 is 9.88 Å². The van der Waals surface area contributed by atoms with E-state index in [1.807, 2.05) is 36.1 Å². The minimum Gasteiger partial charge on any atom is -0.343 e. The molecule has 102 valence electrons. The zero-order chi connectivity index (χ0) is 13.8. The average Bonchev–Trinajstić information content (AvgIpc) is 3.04.